The fourth-order valence-electron chi connectivity index (χ4n) is 0.912. The molecule has 3 heteroatoms. The smallest absolute Gasteiger partial charge is 0.0756 e. The highest BCUT2D eigenvalue weighted by molar-refractivity contribution is 6.12. The lowest BCUT2D eigenvalue weighted by Crippen LogP contribution is -2.19. The van der Waals surface area contributed by atoms with Crippen LogP contribution in [0, 0.1) is 0 Å². The van der Waals surface area contributed by atoms with Gasteiger partial charge in [-0.1, -0.05) is 6.92 Å². The van der Waals surface area contributed by atoms with Crippen LogP contribution in [0.3, 0.4) is 0 Å². The molecule has 3 atom stereocenters. The van der Waals surface area contributed by atoms with Crippen molar-refractivity contribution >= 4 is 7.85 Å². The quantitative estimate of drug-likeness (QED) is 0.405. The van der Waals surface area contributed by atoms with Crippen molar-refractivity contribution in [1.29, 1.82) is 0 Å². The van der Waals surface area contributed by atoms with Gasteiger partial charge in [-0.2, -0.15) is 0 Å². The predicted octanol–water partition coefficient (Wildman–Crippen LogP) is -0.704. The van der Waals surface area contributed by atoms with Crippen molar-refractivity contribution in [2.45, 2.75) is 24.9 Å². The minimum atomic E-state index is -0.343. The number of rotatable bonds is 0. The summed E-state index contributed by atoms with van der Waals surface area (Å²) >= 11 is 0. The van der Waals surface area contributed by atoms with E-state index in [9.17, 15) is 0 Å². The Labute approximate surface area is 50.7 Å². The second-order valence-corrected chi connectivity index (χ2v) is 2.34. The van der Waals surface area contributed by atoms with Crippen LogP contribution < -0.4 is 5.32 Å². The molecule has 2 radical (unpaired) electrons. The molecule has 0 aromatic heterocycles. The van der Waals surface area contributed by atoms with E-state index in [0.717, 1.165) is 0 Å². The Morgan fingerprint density at radius 1 is 1.75 bits per heavy atom. The molecule has 1 saturated heterocycles. The van der Waals surface area contributed by atoms with Gasteiger partial charge in [-0.25, -0.2) is 0 Å². The Morgan fingerprint density at radius 3 is 2.50 bits per heavy atom. The van der Waals surface area contributed by atoms with Gasteiger partial charge in [0.05, 0.1) is 14.0 Å². The predicted molar refractivity (Wildman–Crippen MR) is 33.0 cm³/mol. The molecule has 1 fully saturated rings. The second kappa shape index (κ2) is 2.07. The molecule has 0 aliphatic carbocycles. The van der Waals surface area contributed by atoms with Crippen LogP contribution in [-0.4, -0.2) is 31.6 Å². The average molecular weight is 111 g/mol. The summed E-state index contributed by atoms with van der Waals surface area (Å²) in [5.41, 5.74) is 0. The summed E-state index contributed by atoms with van der Waals surface area (Å²) in [6, 6.07) is 0.269. The Morgan fingerprint density at radius 2 is 2.38 bits per heavy atom. The molecule has 0 aromatic carbocycles. The van der Waals surface area contributed by atoms with Crippen molar-refractivity contribution in [2.75, 3.05) is 6.54 Å². The molecule has 0 spiro atoms. The lowest BCUT2D eigenvalue weighted by Gasteiger charge is -2.10. The van der Waals surface area contributed by atoms with E-state index in [4.69, 9.17) is 13.0 Å². The van der Waals surface area contributed by atoms with Crippen molar-refractivity contribution in [1.82, 2.24) is 5.32 Å². The standard InChI is InChI=1S/C5H10BNO/c1-3-5(6)4(8)2-7-3/h3-5,7-8H,2H2,1H3. The van der Waals surface area contributed by atoms with Gasteiger partial charge >= 0.3 is 0 Å². The van der Waals surface area contributed by atoms with Gasteiger partial charge in [0, 0.05) is 12.6 Å². The van der Waals surface area contributed by atoms with Crippen LogP contribution in [0.4, 0.5) is 0 Å². The summed E-state index contributed by atoms with van der Waals surface area (Å²) in [5, 5.41) is 12.0. The average Bonchev–Trinajstić information content (AvgIpc) is 1.98. The number of aliphatic hydroxyl groups is 1. The lowest BCUT2D eigenvalue weighted by molar-refractivity contribution is 0.194. The van der Waals surface area contributed by atoms with Crippen LogP contribution in [0.5, 0.6) is 0 Å². The van der Waals surface area contributed by atoms with Crippen LogP contribution in [0.25, 0.3) is 0 Å². The van der Waals surface area contributed by atoms with Crippen LogP contribution >= 0.6 is 0 Å². The van der Waals surface area contributed by atoms with E-state index in [0.29, 0.717) is 6.54 Å². The van der Waals surface area contributed by atoms with Gasteiger partial charge in [0.2, 0.25) is 0 Å². The number of β-amino-alcohol motifs (C(OH)–C–C–N with tert-alkyl or cyclic N) is 1. The molecule has 2 N–H and O–H groups in total. The summed E-state index contributed by atoms with van der Waals surface area (Å²) in [5.74, 6) is -0.0741. The SMILES string of the molecule is [B]C1C(O)CNC1C. The third-order valence-electron chi connectivity index (χ3n) is 1.67. The fraction of sp³-hybridized carbons (Fsp3) is 1.00. The van der Waals surface area contributed by atoms with Gasteiger partial charge in [0.25, 0.3) is 0 Å². The number of hydrogen-bond donors (Lipinski definition) is 2. The number of nitrogens with one attached hydrogen (secondary N) is 1. The van der Waals surface area contributed by atoms with Crippen molar-refractivity contribution in [3.05, 3.63) is 0 Å². The highest BCUT2D eigenvalue weighted by Crippen LogP contribution is 2.16. The Hall–Kier alpha value is -0.0151. The minimum absolute atomic E-state index is 0.0741. The molecule has 2 nitrogen and oxygen atoms in total. The van der Waals surface area contributed by atoms with Crippen LogP contribution in [-0.2, 0) is 0 Å². The first kappa shape index (κ1) is 6.11. The monoisotopic (exact) mass is 111 g/mol. The van der Waals surface area contributed by atoms with Crippen molar-refractivity contribution in [3.8, 4) is 0 Å². The van der Waals surface area contributed by atoms with Gasteiger partial charge in [-0.15, -0.1) is 0 Å². The largest absolute Gasteiger partial charge is 0.392 e. The molecule has 8 heavy (non-hydrogen) atoms. The van der Waals surface area contributed by atoms with E-state index in [1.807, 2.05) is 6.92 Å². The normalized spacial score (nSPS) is 47.5. The zero-order valence-electron chi connectivity index (χ0n) is 4.96. The van der Waals surface area contributed by atoms with E-state index in [1.165, 1.54) is 0 Å². The molecule has 1 heterocycles. The molecular weight excluding hydrogens is 101 g/mol. The zero-order chi connectivity index (χ0) is 6.15. The molecule has 0 saturated carbocycles. The first-order valence-corrected chi connectivity index (χ1v) is 2.89. The Kier molecular flexibility index (Phi) is 1.58. The Bertz CT molecular complexity index is 78.5. The maximum absolute atomic E-state index is 8.98. The molecule has 44 valence electrons. The van der Waals surface area contributed by atoms with Crippen molar-refractivity contribution < 1.29 is 5.11 Å². The van der Waals surface area contributed by atoms with E-state index < -0.39 is 0 Å². The molecular formula is C5H10BNO. The van der Waals surface area contributed by atoms with E-state index in [1.54, 1.807) is 0 Å². The molecule has 1 aliphatic heterocycles. The van der Waals surface area contributed by atoms with Gasteiger partial charge in [0.15, 0.2) is 0 Å². The first-order valence-electron chi connectivity index (χ1n) is 2.89. The van der Waals surface area contributed by atoms with Gasteiger partial charge in [0.1, 0.15) is 0 Å². The summed E-state index contributed by atoms with van der Waals surface area (Å²) in [4.78, 5) is 0. The Balaban J connectivity index is 2.44. The maximum Gasteiger partial charge on any atom is 0.0756 e. The first-order chi connectivity index (χ1) is 3.72. The second-order valence-electron chi connectivity index (χ2n) is 2.34. The molecule has 1 rings (SSSR count). The molecule has 0 amide bonds. The van der Waals surface area contributed by atoms with Crippen LogP contribution in [0.2, 0.25) is 5.82 Å². The highest BCUT2D eigenvalue weighted by atomic mass is 16.3. The van der Waals surface area contributed by atoms with E-state index >= 15 is 0 Å². The molecule has 1 aliphatic rings. The number of aliphatic hydroxyl groups excluding tert-OH is 1. The fourth-order valence-corrected chi connectivity index (χ4v) is 0.912. The minimum Gasteiger partial charge on any atom is -0.392 e. The van der Waals surface area contributed by atoms with Crippen LogP contribution in [0.1, 0.15) is 6.92 Å². The zero-order valence-corrected chi connectivity index (χ0v) is 4.96. The maximum atomic E-state index is 8.98. The summed E-state index contributed by atoms with van der Waals surface area (Å²) in [6.45, 7) is 2.61. The third-order valence-corrected chi connectivity index (χ3v) is 1.67. The molecule has 0 aromatic rings. The van der Waals surface area contributed by atoms with Crippen LogP contribution in [0.15, 0.2) is 0 Å². The molecule has 0 bridgehead atoms. The summed E-state index contributed by atoms with van der Waals surface area (Å²) in [7, 11) is 5.51. The number of hydrogen-bond acceptors (Lipinski definition) is 2. The van der Waals surface area contributed by atoms with Gasteiger partial charge < -0.3 is 10.4 Å². The summed E-state index contributed by atoms with van der Waals surface area (Å²) < 4.78 is 0. The molecule has 3 unspecified atom stereocenters. The lowest BCUT2D eigenvalue weighted by atomic mass is 9.80. The van der Waals surface area contributed by atoms with Crippen molar-refractivity contribution in [3.63, 3.8) is 0 Å². The van der Waals surface area contributed by atoms with Crippen molar-refractivity contribution in [2.24, 2.45) is 0 Å². The summed E-state index contributed by atoms with van der Waals surface area (Å²) in [6.07, 6.45) is -0.343. The highest BCUT2D eigenvalue weighted by Gasteiger charge is 2.26. The third kappa shape index (κ3) is 0.882. The van der Waals surface area contributed by atoms with Gasteiger partial charge in [-0.3, -0.25) is 0 Å². The van der Waals surface area contributed by atoms with E-state index in [-0.39, 0.29) is 18.0 Å². The van der Waals surface area contributed by atoms with Gasteiger partial charge in [-0.05, 0) is 5.82 Å². The van der Waals surface area contributed by atoms with E-state index in [2.05, 4.69) is 5.32 Å². The topological polar surface area (TPSA) is 32.3 Å².